The van der Waals surface area contributed by atoms with E-state index in [0.29, 0.717) is 9.23 Å². The number of hydrogen-bond donors (Lipinski definition) is 1. The van der Waals surface area contributed by atoms with Crippen LogP contribution in [-0.4, -0.2) is 37.7 Å². The average Bonchev–Trinajstić information content (AvgIpc) is 3.19. The number of nitro benzene ring substituents is 1. The normalized spacial score (nSPS) is 15.6. The third-order valence-corrected chi connectivity index (χ3v) is 6.12. The zero-order chi connectivity index (χ0) is 19.6. The molecule has 0 spiro atoms. The number of benzene rings is 1. The van der Waals surface area contributed by atoms with Crippen molar-refractivity contribution < 1.29 is 19.6 Å². The van der Waals surface area contributed by atoms with Crippen LogP contribution in [0.2, 0.25) is 0 Å². The number of aliphatic carboxylic acids is 1. The van der Waals surface area contributed by atoms with Crippen LogP contribution in [0.15, 0.2) is 41.3 Å². The van der Waals surface area contributed by atoms with Gasteiger partial charge in [0, 0.05) is 28.4 Å². The lowest BCUT2D eigenvalue weighted by Crippen LogP contribution is -2.30. The quantitative estimate of drug-likeness (QED) is 0.326. The van der Waals surface area contributed by atoms with Crippen molar-refractivity contribution in [1.29, 1.82) is 0 Å². The standard InChI is InChI=1S/C17H12N2O5S3/c20-15(21)6-7-18-16(22)14(27-17(18)25)9-12-4-5-13(26-12)10-2-1-3-11(8-10)19(23)24/h1-5,8-9H,6-7H2,(H,20,21). The number of hydrogen-bond acceptors (Lipinski definition) is 7. The third kappa shape index (κ3) is 4.41. The zero-order valence-electron chi connectivity index (χ0n) is 13.7. The molecule has 7 nitrogen and oxygen atoms in total. The smallest absolute Gasteiger partial charge is 0.305 e. The second kappa shape index (κ2) is 7.99. The van der Waals surface area contributed by atoms with Gasteiger partial charge in [-0.25, -0.2) is 0 Å². The Morgan fingerprint density at radius 3 is 2.81 bits per heavy atom. The maximum Gasteiger partial charge on any atom is 0.305 e. The molecule has 1 fully saturated rings. The molecule has 10 heteroatoms. The third-order valence-electron chi connectivity index (χ3n) is 3.66. The molecule has 1 aliphatic heterocycles. The predicted molar refractivity (Wildman–Crippen MR) is 109 cm³/mol. The van der Waals surface area contributed by atoms with E-state index in [1.807, 2.05) is 12.1 Å². The summed E-state index contributed by atoms with van der Waals surface area (Å²) >= 11 is 7.69. The van der Waals surface area contributed by atoms with Crippen molar-refractivity contribution in [2.24, 2.45) is 0 Å². The molecule has 0 atom stereocenters. The molecule has 1 saturated heterocycles. The summed E-state index contributed by atoms with van der Waals surface area (Å²) in [5.41, 5.74) is 0.740. The first-order chi connectivity index (χ1) is 12.8. The fourth-order valence-corrected chi connectivity index (χ4v) is 4.71. The summed E-state index contributed by atoms with van der Waals surface area (Å²) in [4.78, 5) is 36.9. The molecule has 0 unspecified atom stereocenters. The van der Waals surface area contributed by atoms with Crippen LogP contribution in [0.3, 0.4) is 0 Å². The molecule has 3 rings (SSSR count). The van der Waals surface area contributed by atoms with Gasteiger partial charge in [0.1, 0.15) is 4.32 Å². The van der Waals surface area contributed by atoms with Gasteiger partial charge in [0.25, 0.3) is 11.6 Å². The molecule has 27 heavy (non-hydrogen) atoms. The van der Waals surface area contributed by atoms with Gasteiger partial charge < -0.3 is 5.11 Å². The first-order valence-corrected chi connectivity index (χ1v) is 9.71. The summed E-state index contributed by atoms with van der Waals surface area (Å²) in [6, 6.07) is 10.00. The van der Waals surface area contributed by atoms with E-state index in [4.69, 9.17) is 17.3 Å². The second-order valence-corrected chi connectivity index (χ2v) is 8.28. The topological polar surface area (TPSA) is 101 Å². The lowest BCUT2D eigenvalue weighted by atomic mass is 10.2. The summed E-state index contributed by atoms with van der Waals surface area (Å²) < 4.78 is 0.336. The molecule has 2 aromatic rings. The van der Waals surface area contributed by atoms with Crippen molar-refractivity contribution in [1.82, 2.24) is 4.90 Å². The van der Waals surface area contributed by atoms with Crippen LogP contribution < -0.4 is 0 Å². The molecule has 1 aromatic carbocycles. The number of thiocarbonyl (C=S) groups is 1. The lowest BCUT2D eigenvalue weighted by Gasteiger charge is -2.12. The van der Waals surface area contributed by atoms with E-state index >= 15 is 0 Å². The molecule has 1 aromatic heterocycles. The number of carboxylic acid groups (broad SMARTS) is 1. The molecule has 1 aliphatic rings. The van der Waals surface area contributed by atoms with Gasteiger partial charge in [0.05, 0.1) is 16.2 Å². The fraction of sp³-hybridized carbons (Fsp3) is 0.118. The number of nitro groups is 1. The molecule has 0 aliphatic carbocycles. The van der Waals surface area contributed by atoms with Gasteiger partial charge in [-0.3, -0.25) is 24.6 Å². The van der Waals surface area contributed by atoms with Crippen LogP contribution in [0.4, 0.5) is 5.69 Å². The molecule has 2 heterocycles. The van der Waals surface area contributed by atoms with Crippen molar-refractivity contribution >= 4 is 63.3 Å². The van der Waals surface area contributed by atoms with E-state index < -0.39 is 10.9 Å². The first kappa shape index (κ1) is 19.2. The lowest BCUT2D eigenvalue weighted by molar-refractivity contribution is -0.384. The van der Waals surface area contributed by atoms with Crippen LogP contribution >= 0.6 is 35.3 Å². The minimum absolute atomic E-state index is 0.0155. The van der Waals surface area contributed by atoms with Gasteiger partial charge >= 0.3 is 5.97 Å². The van der Waals surface area contributed by atoms with Gasteiger partial charge in [0.2, 0.25) is 0 Å². The highest BCUT2D eigenvalue weighted by Crippen LogP contribution is 2.36. The summed E-state index contributed by atoms with van der Waals surface area (Å²) in [6.45, 7) is 0.0424. The molecule has 0 bridgehead atoms. The molecule has 0 radical (unpaired) electrons. The molecule has 1 amide bonds. The summed E-state index contributed by atoms with van der Waals surface area (Å²) in [5, 5.41) is 19.7. The highest BCUT2D eigenvalue weighted by molar-refractivity contribution is 8.26. The summed E-state index contributed by atoms with van der Waals surface area (Å²) in [6.07, 6.45) is 1.53. The predicted octanol–water partition coefficient (Wildman–Crippen LogP) is 4.00. The van der Waals surface area contributed by atoms with E-state index in [1.165, 1.54) is 28.4 Å². The number of carbonyl (C=O) groups is 2. The van der Waals surface area contributed by atoms with E-state index in [9.17, 15) is 19.7 Å². The SMILES string of the molecule is O=C(O)CCN1C(=O)C(=Cc2ccc(-c3cccc([N+](=O)[O-])c3)s2)SC1=S. The Bertz CT molecular complexity index is 982. The largest absolute Gasteiger partial charge is 0.481 e. The van der Waals surface area contributed by atoms with Crippen molar-refractivity contribution in [2.75, 3.05) is 6.54 Å². The van der Waals surface area contributed by atoms with Crippen LogP contribution in [0.25, 0.3) is 16.5 Å². The number of nitrogens with zero attached hydrogens (tertiary/aromatic N) is 2. The Balaban J connectivity index is 1.80. The Morgan fingerprint density at radius 2 is 2.11 bits per heavy atom. The van der Waals surface area contributed by atoms with Gasteiger partial charge in [-0.05, 0) is 23.8 Å². The Morgan fingerprint density at radius 1 is 1.33 bits per heavy atom. The van der Waals surface area contributed by atoms with Gasteiger partial charge in [-0.2, -0.15) is 0 Å². The van der Waals surface area contributed by atoms with Crippen LogP contribution in [-0.2, 0) is 9.59 Å². The van der Waals surface area contributed by atoms with Crippen molar-refractivity contribution in [3.05, 3.63) is 56.3 Å². The molecular formula is C17H12N2O5S3. The number of carboxylic acids is 1. The Hall–Kier alpha value is -2.56. The van der Waals surface area contributed by atoms with E-state index in [1.54, 1.807) is 18.2 Å². The van der Waals surface area contributed by atoms with E-state index in [2.05, 4.69) is 0 Å². The number of thioether (sulfide) groups is 1. The molecule has 0 saturated carbocycles. The van der Waals surface area contributed by atoms with Gasteiger partial charge in [-0.1, -0.05) is 36.1 Å². The zero-order valence-corrected chi connectivity index (χ0v) is 16.1. The number of carbonyl (C=O) groups excluding carboxylic acids is 1. The maximum atomic E-state index is 12.4. The molecule has 138 valence electrons. The average molecular weight is 420 g/mol. The molecule has 1 N–H and O–H groups in total. The summed E-state index contributed by atoms with van der Waals surface area (Å²) in [7, 11) is 0. The molecular weight excluding hydrogens is 408 g/mol. The highest BCUT2D eigenvalue weighted by Gasteiger charge is 2.32. The highest BCUT2D eigenvalue weighted by atomic mass is 32.2. The maximum absolute atomic E-state index is 12.4. The van der Waals surface area contributed by atoms with Crippen molar-refractivity contribution in [3.8, 4) is 10.4 Å². The first-order valence-electron chi connectivity index (χ1n) is 7.67. The van der Waals surface area contributed by atoms with Crippen molar-refractivity contribution in [3.63, 3.8) is 0 Å². The second-order valence-electron chi connectivity index (χ2n) is 5.49. The number of rotatable bonds is 6. The fourth-order valence-electron chi connectivity index (χ4n) is 2.39. The number of non-ortho nitro benzene ring substituents is 1. The van der Waals surface area contributed by atoms with Crippen LogP contribution in [0, 0.1) is 10.1 Å². The minimum Gasteiger partial charge on any atom is -0.481 e. The van der Waals surface area contributed by atoms with Gasteiger partial charge in [-0.15, -0.1) is 11.3 Å². The van der Waals surface area contributed by atoms with E-state index in [0.717, 1.165) is 27.1 Å². The van der Waals surface area contributed by atoms with Crippen LogP contribution in [0.5, 0.6) is 0 Å². The Labute approximate surface area is 167 Å². The number of thiophene rings is 1. The number of amides is 1. The monoisotopic (exact) mass is 420 g/mol. The van der Waals surface area contributed by atoms with Crippen molar-refractivity contribution in [2.45, 2.75) is 6.42 Å². The Kier molecular flexibility index (Phi) is 5.68. The summed E-state index contributed by atoms with van der Waals surface area (Å²) in [5.74, 6) is -1.30. The van der Waals surface area contributed by atoms with E-state index in [-0.39, 0.29) is 24.6 Å². The minimum atomic E-state index is -0.993. The van der Waals surface area contributed by atoms with Gasteiger partial charge in [0.15, 0.2) is 0 Å². The van der Waals surface area contributed by atoms with Crippen LogP contribution in [0.1, 0.15) is 11.3 Å².